The van der Waals surface area contributed by atoms with Gasteiger partial charge in [-0.2, -0.15) is 0 Å². The summed E-state index contributed by atoms with van der Waals surface area (Å²) >= 11 is 5.97. The first-order chi connectivity index (χ1) is 11.4. The maximum atomic E-state index is 13.3. The van der Waals surface area contributed by atoms with Crippen LogP contribution in [-0.2, 0) is 0 Å². The van der Waals surface area contributed by atoms with Crippen molar-refractivity contribution in [1.29, 1.82) is 0 Å². The number of rotatable bonds is 2. The van der Waals surface area contributed by atoms with Gasteiger partial charge in [-0.25, -0.2) is 8.78 Å². The summed E-state index contributed by atoms with van der Waals surface area (Å²) in [5.74, 6) is -2.91. The molecule has 0 saturated heterocycles. The lowest BCUT2D eigenvalue weighted by molar-refractivity contribution is 0.0941. The molecule has 1 aromatic heterocycles. The summed E-state index contributed by atoms with van der Waals surface area (Å²) in [6, 6.07) is 7.85. The molecule has 4 nitrogen and oxygen atoms in total. The van der Waals surface area contributed by atoms with Crippen molar-refractivity contribution in [2.45, 2.75) is 6.92 Å². The SMILES string of the molecule is CC(=O)n1cc(C(=O)Nc2ccc(F)c(F)c2)c2cc(Cl)ccc21. The second kappa shape index (κ2) is 6.05. The normalized spacial score (nSPS) is 10.8. The molecule has 1 N–H and O–H groups in total. The number of hydrogen-bond acceptors (Lipinski definition) is 2. The van der Waals surface area contributed by atoms with Crippen molar-refractivity contribution in [3.8, 4) is 0 Å². The molecule has 3 aromatic rings. The van der Waals surface area contributed by atoms with Crippen molar-refractivity contribution in [2.24, 2.45) is 0 Å². The topological polar surface area (TPSA) is 51.1 Å². The van der Waals surface area contributed by atoms with E-state index in [0.717, 1.165) is 12.1 Å². The average Bonchev–Trinajstić information content (AvgIpc) is 2.90. The number of nitrogens with one attached hydrogen (secondary N) is 1. The summed E-state index contributed by atoms with van der Waals surface area (Å²) in [4.78, 5) is 24.2. The average molecular weight is 349 g/mol. The second-order valence-electron chi connectivity index (χ2n) is 5.18. The summed E-state index contributed by atoms with van der Waals surface area (Å²) in [6.45, 7) is 1.37. The molecule has 0 bridgehead atoms. The molecule has 1 heterocycles. The maximum Gasteiger partial charge on any atom is 0.257 e. The van der Waals surface area contributed by atoms with Crippen LogP contribution in [-0.4, -0.2) is 16.4 Å². The minimum atomic E-state index is -1.07. The fourth-order valence-electron chi connectivity index (χ4n) is 2.42. The van der Waals surface area contributed by atoms with Gasteiger partial charge in [0.15, 0.2) is 11.6 Å². The van der Waals surface area contributed by atoms with E-state index in [2.05, 4.69) is 5.32 Å². The molecule has 1 amide bonds. The Morgan fingerprint density at radius 2 is 1.83 bits per heavy atom. The van der Waals surface area contributed by atoms with E-state index in [9.17, 15) is 18.4 Å². The Kier molecular flexibility index (Phi) is 4.07. The second-order valence-corrected chi connectivity index (χ2v) is 5.61. The van der Waals surface area contributed by atoms with Crippen LogP contribution < -0.4 is 5.32 Å². The smallest absolute Gasteiger partial charge is 0.257 e. The number of nitrogens with zero attached hydrogens (tertiary/aromatic N) is 1. The molecule has 0 unspecified atom stereocenters. The Morgan fingerprint density at radius 3 is 2.50 bits per heavy atom. The fourth-order valence-corrected chi connectivity index (χ4v) is 2.59. The number of carbonyl (C=O) groups excluding carboxylic acids is 2. The zero-order chi connectivity index (χ0) is 17.4. The monoisotopic (exact) mass is 348 g/mol. The zero-order valence-electron chi connectivity index (χ0n) is 12.4. The molecule has 0 aliphatic rings. The Bertz CT molecular complexity index is 982. The van der Waals surface area contributed by atoms with Crippen molar-refractivity contribution in [3.63, 3.8) is 0 Å². The maximum absolute atomic E-state index is 13.3. The highest BCUT2D eigenvalue weighted by atomic mass is 35.5. The van der Waals surface area contributed by atoms with E-state index < -0.39 is 17.5 Å². The number of hydrogen-bond donors (Lipinski definition) is 1. The highest BCUT2D eigenvalue weighted by Crippen LogP contribution is 2.26. The predicted molar refractivity (Wildman–Crippen MR) is 87.6 cm³/mol. The van der Waals surface area contributed by atoms with Gasteiger partial charge in [0.05, 0.1) is 11.1 Å². The lowest BCUT2D eigenvalue weighted by atomic mass is 10.1. The number of benzene rings is 2. The number of fused-ring (bicyclic) bond motifs is 1. The van der Waals surface area contributed by atoms with Gasteiger partial charge >= 0.3 is 0 Å². The van der Waals surface area contributed by atoms with E-state index in [4.69, 9.17) is 11.6 Å². The van der Waals surface area contributed by atoms with E-state index >= 15 is 0 Å². The summed E-state index contributed by atoms with van der Waals surface area (Å²) in [5, 5.41) is 3.37. The first-order valence-electron chi connectivity index (χ1n) is 6.95. The van der Waals surface area contributed by atoms with Gasteiger partial charge in [0.25, 0.3) is 5.91 Å². The van der Waals surface area contributed by atoms with E-state index in [1.165, 1.54) is 23.8 Å². The summed E-state index contributed by atoms with van der Waals surface area (Å²) < 4.78 is 27.5. The van der Waals surface area contributed by atoms with Crippen LogP contribution in [0.25, 0.3) is 10.9 Å². The number of halogens is 3. The Morgan fingerprint density at radius 1 is 1.08 bits per heavy atom. The van der Waals surface area contributed by atoms with Crippen molar-refractivity contribution < 1.29 is 18.4 Å². The standard InChI is InChI=1S/C17H11ClF2N2O2/c1-9(23)22-8-13(12-6-10(18)2-5-16(12)22)17(24)21-11-3-4-14(19)15(20)7-11/h2-8H,1H3,(H,21,24). The summed E-state index contributed by atoms with van der Waals surface area (Å²) in [7, 11) is 0. The number of anilines is 1. The number of amides is 1. The van der Waals surface area contributed by atoms with Crippen LogP contribution in [0.3, 0.4) is 0 Å². The van der Waals surface area contributed by atoms with Crippen molar-refractivity contribution >= 4 is 40.0 Å². The molecule has 0 aliphatic heterocycles. The van der Waals surface area contributed by atoms with Gasteiger partial charge < -0.3 is 5.32 Å². The Labute approximate surface area is 140 Å². The Balaban J connectivity index is 2.04. The molecule has 2 aromatic carbocycles. The first kappa shape index (κ1) is 16.1. The van der Waals surface area contributed by atoms with Gasteiger partial charge in [-0.15, -0.1) is 0 Å². The van der Waals surface area contributed by atoms with Gasteiger partial charge in [-0.1, -0.05) is 11.6 Å². The van der Waals surface area contributed by atoms with Crippen LogP contribution in [0.4, 0.5) is 14.5 Å². The van der Waals surface area contributed by atoms with Crippen LogP contribution in [0.5, 0.6) is 0 Å². The largest absolute Gasteiger partial charge is 0.322 e. The molecular formula is C17H11ClF2N2O2. The molecule has 0 aliphatic carbocycles. The highest BCUT2D eigenvalue weighted by Gasteiger charge is 2.18. The van der Waals surface area contributed by atoms with Crippen LogP contribution in [0.2, 0.25) is 5.02 Å². The van der Waals surface area contributed by atoms with Crippen molar-refractivity contribution in [3.05, 3.63) is 64.8 Å². The molecule has 122 valence electrons. The lowest BCUT2D eigenvalue weighted by Gasteiger charge is -2.05. The third-order valence-corrected chi connectivity index (χ3v) is 3.76. The van der Waals surface area contributed by atoms with E-state index in [1.54, 1.807) is 18.2 Å². The molecule has 0 atom stereocenters. The van der Waals surface area contributed by atoms with E-state index in [-0.39, 0.29) is 17.2 Å². The van der Waals surface area contributed by atoms with Gasteiger partial charge in [-0.3, -0.25) is 14.2 Å². The summed E-state index contributed by atoms with van der Waals surface area (Å²) in [5.41, 5.74) is 0.833. The molecule has 7 heteroatoms. The van der Waals surface area contributed by atoms with Gasteiger partial charge in [0.2, 0.25) is 5.91 Å². The Hall–Kier alpha value is -2.73. The molecule has 0 spiro atoms. The lowest BCUT2D eigenvalue weighted by Crippen LogP contribution is -2.12. The highest BCUT2D eigenvalue weighted by molar-refractivity contribution is 6.31. The fraction of sp³-hybridized carbons (Fsp3) is 0.0588. The molecule has 0 radical (unpaired) electrons. The molecule has 3 rings (SSSR count). The molecule has 24 heavy (non-hydrogen) atoms. The van der Waals surface area contributed by atoms with Crippen LogP contribution in [0.1, 0.15) is 22.1 Å². The number of carbonyl (C=O) groups is 2. The minimum absolute atomic E-state index is 0.102. The van der Waals surface area contributed by atoms with Gasteiger partial charge in [-0.05, 0) is 30.3 Å². The van der Waals surface area contributed by atoms with Crippen LogP contribution in [0.15, 0.2) is 42.6 Å². The third kappa shape index (κ3) is 2.88. The quantitative estimate of drug-likeness (QED) is 0.742. The van der Waals surface area contributed by atoms with E-state index in [0.29, 0.717) is 15.9 Å². The van der Waals surface area contributed by atoms with E-state index in [1.807, 2.05) is 0 Å². The predicted octanol–water partition coefficient (Wildman–Crippen LogP) is 4.49. The van der Waals surface area contributed by atoms with Crippen molar-refractivity contribution in [1.82, 2.24) is 4.57 Å². The molecule has 0 fully saturated rings. The molecular weight excluding hydrogens is 338 g/mol. The zero-order valence-corrected chi connectivity index (χ0v) is 13.2. The minimum Gasteiger partial charge on any atom is -0.322 e. The van der Waals surface area contributed by atoms with Gasteiger partial charge in [0.1, 0.15) is 0 Å². The molecule has 0 saturated carbocycles. The number of aromatic nitrogens is 1. The van der Waals surface area contributed by atoms with Crippen molar-refractivity contribution in [2.75, 3.05) is 5.32 Å². The third-order valence-electron chi connectivity index (χ3n) is 3.53. The first-order valence-corrected chi connectivity index (χ1v) is 7.32. The van der Waals surface area contributed by atoms with Crippen LogP contribution in [0, 0.1) is 11.6 Å². The summed E-state index contributed by atoms with van der Waals surface area (Å²) in [6.07, 6.45) is 1.39. The van der Waals surface area contributed by atoms with Gasteiger partial charge in [0, 0.05) is 35.3 Å². The van der Waals surface area contributed by atoms with Crippen LogP contribution >= 0.6 is 11.6 Å².